The van der Waals surface area contributed by atoms with Gasteiger partial charge in [0.15, 0.2) is 11.5 Å². The lowest BCUT2D eigenvalue weighted by Crippen LogP contribution is -1.94. The van der Waals surface area contributed by atoms with Gasteiger partial charge in [0.1, 0.15) is 0 Å². The second-order valence-corrected chi connectivity index (χ2v) is 4.87. The molecule has 2 aromatic rings. The number of ether oxygens (including phenoxy) is 2. The standard InChI is InChI=1S/C14H14BrNO3/c1-9-5-14(16-7-11(9)15)19-12-4-3-10(8-17)6-13(12)18-2/h3-7,17H,8H2,1-2H3. The number of pyridine rings is 1. The van der Waals surface area contributed by atoms with Crippen LogP contribution in [0.5, 0.6) is 17.4 Å². The van der Waals surface area contributed by atoms with Crippen molar-refractivity contribution in [2.24, 2.45) is 0 Å². The van der Waals surface area contributed by atoms with Crippen LogP contribution in [0.3, 0.4) is 0 Å². The summed E-state index contributed by atoms with van der Waals surface area (Å²) in [5, 5.41) is 9.09. The Balaban J connectivity index is 2.29. The van der Waals surface area contributed by atoms with Crippen molar-refractivity contribution in [2.45, 2.75) is 13.5 Å². The molecule has 1 aromatic carbocycles. The van der Waals surface area contributed by atoms with E-state index in [0.29, 0.717) is 17.4 Å². The SMILES string of the molecule is COc1cc(CO)ccc1Oc1cc(C)c(Br)cn1. The van der Waals surface area contributed by atoms with Gasteiger partial charge >= 0.3 is 0 Å². The molecule has 0 atom stereocenters. The number of aliphatic hydroxyl groups is 1. The predicted octanol–water partition coefficient (Wildman–Crippen LogP) is 3.45. The van der Waals surface area contributed by atoms with Crippen LogP contribution in [0.25, 0.3) is 0 Å². The van der Waals surface area contributed by atoms with Crippen molar-refractivity contribution in [1.29, 1.82) is 0 Å². The minimum Gasteiger partial charge on any atom is -0.493 e. The van der Waals surface area contributed by atoms with Gasteiger partial charge in [0.2, 0.25) is 5.88 Å². The lowest BCUT2D eigenvalue weighted by molar-refractivity contribution is 0.280. The van der Waals surface area contributed by atoms with E-state index in [1.54, 1.807) is 31.5 Å². The van der Waals surface area contributed by atoms with E-state index in [0.717, 1.165) is 15.6 Å². The molecule has 0 aliphatic rings. The maximum atomic E-state index is 9.09. The first-order valence-electron chi connectivity index (χ1n) is 5.72. The molecule has 0 spiro atoms. The minimum absolute atomic E-state index is 0.0354. The number of halogens is 1. The summed E-state index contributed by atoms with van der Waals surface area (Å²) < 4.78 is 11.9. The number of methoxy groups -OCH3 is 1. The van der Waals surface area contributed by atoms with E-state index in [4.69, 9.17) is 14.6 Å². The zero-order valence-corrected chi connectivity index (χ0v) is 12.3. The summed E-state index contributed by atoms with van der Waals surface area (Å²) >= 11 is 3.39. The topological polar surface area (TPSA) is 51.6 Å². The minimum atomic E-state index is -0.0354. The Morgan fingerprint density at radius 2 is 2.05 bits per heavy atom. The molecule has 0 saturated carbocycles. The van der Waals surface area contributed by atoms with Crippen LogP contribution in [-0.4, -0.2) is 17.2 Å². The quantitative estimate of drug-likeness (QED) is 0.936. The Labute approximate surface area is 120 Å². The van der Waals surface area contributed by atoms with Crippen LogP contribution in [0.15, 0.2) is 34.9 Å². The van der Waals surface area contributed by atoms with E-state index >= 15 is 0 Å². The number of nitrogens with zero attached hydrogens (tertiary/aromatic N) is 1. The number of hydrogen-bond acceptors (Lipinski definition) is 4. The van der Waals surface area contributed by atoms with Gasteiger partial charge in [-0.2, -0.15) is 0 Å². The van der Waals surface area contributed by atoms with Crippen LogP contribution in [0.1, 0.15) is 11.1 Å². The Bertz CT molecular complexity index is 587. The van der Waals surface area contributed by atoms with Gasteiger partial charge in [-0.05, 0) is 46.1 Å². The molecule has 0 aliphatic heterocycles. The fourth-order valence-electron chi connectivity index (χ4n) is 1.58. The highest BCUT2D eigenvalue weighted by Gasteiger charge is 2.08. The third-order valence-corrected chi connectivity index (χ3v) is 3.48. The Hall–Kier alpha value is -1.59. The van der Waals surface area contributed by atoms with Gasteiger partial charge in [-0.3, -0.25) is 0 Å². The summed E-state index contributed by atoms with van der Waals surface area (Å²) in [6.45, 7) is 1.93. The predicted molar refractivity (Wildman–Crippen MR) is 75.7 cm³/mol. The summed E-state index contributed by atoms with van der Waals surface area (Å²) in [7, 11) is 1.56. The zero-order chi connectivity index (χ0) is 13.8. The Morgan fingerprint density at radius 1 is 1.26 bits per heavy atom. The fraction of sp³-hybridized carbons (Fsp3) is 0.214. The highest BCUT2D eigenvalue weighted by atomic mass is 79.9. The summed E-state index contributed by atoms with van der Waals surface area (Å²) in [5.41, 5.74) is 1.81. The number of rotatable bonds is 4. The Kier molecular flexibility index (Phi) is 4.39. The molecule has 0 radical (unpaired) electrons. The van der Waals surface area contributed by atoms with Crippen molar-refractivity contribution in [1.82, 2.24) is 4.98 Å². The molecule has 100 valence electrons. The summed E-state index contributed by atoms with van der Waals surface area (Å²) in [5.74, 6) is 1.62. The first kappa shape index (κ1) is 13.8. The third-order valence-electron chi connectivity index (χ3n) is 2.65. The summed E-state index contributed by atoms with van der Waals surface area (Å²) in [4.78, 5) is 4.18. The van der Waals surface area contributed by atoms with Crippen LogP contribution < -0.4 is 9.47 Å². The average molecular weight is 324 g/mol. The summed E-state index contributed by atoms with van der Waals surface area (Å²) in [6.07, 6.45) is 1.69. The van der Waals surface area contributed by atoms with Gasteiger partial charge in [0, 0.05) is 16.7 Å². The summed E-state index contributed by atoms with van der Waals surface area (Å²) in [6, 6.07) is 7.11. The molecule has 0 bridgehead atoms. The molecule has 2 rings (SSSR count). The number of aryl methyl sites for hydroxylation is 1. The second kappa shape index (κ2) is 6.04. The van der Waals surface area contributed by atoms with Crippen LogP contribution >= 0.6 is 15.9 Å². The van der Waals surface area contributed by atoms with Gasteiger partial charge < -0.3 is 14.6 Å². The molecule has 0 aliphatic carbocycles. The molecule has 1 N–H and O–H groups in total. The highest BCUT2D eigenvalue weighted by Crippen LogP contribution is 2.32. The van der Waals surface area contributed by atoms with E-state index < -0.39 is 0 Å². The Morgan fingerprint density at radius 3 is 2.68 bits per heavy atom. The van der Waals surface area contributed by atoms with E-state index in [1.165, 1.54) is 0 Å². The number of aromatic nitrogens is 1. The lowest BCUT2D eigenvalue weighted by Gasteiger charge is -2.11. The first-order chi connectivity index (χ1) is 9.13. The van der Waals surface area contributed by atoms with Gasteiger partial charge in [-0.1, -0.05) is 6.07 Å². The van der Waals surface area contributed by atoms with Crippen molar-refractivity contribution in [3.05, 3.63) is 46.1 Å². The van der Waals surface area contributed by atoms with Crippen molar-refractivity contribution >= 4 is 15.9 Å². The van der Waals surface area contributed by atoms with Gasteiger partial charge in [-0.25, -0.2) is 4.98 Å². The lowest BCUT2D eigenvalue weighted by atomic mass is 10.2. The maximum absolute atomic E-state index is 9.09. The van der Waals surface area contributed by atoms with Crippen LogP contribution in [-0.2, 0) is 6.61 Å². The number of benzene rings is 1. The normalized spacial score (nSPS) is 10.3. The van der Waals surface area contributed by atoms with E-state index in [9.17, 15) is 0 Å². The molecule has 0 amide bonds. The molecule has 5 heteroatoms. The maximum Gasteiger partial charge on any atom is 0.219 e. The van der Waals surface area contributed by atoms with Crippen LogP contribution in [0.2, 0.25) is 0 Å². The van der Waals surface area contributed by atoms with E-state index in [1.807, 2.05) is 13.0 Å². The molecular formula is C14H14BrNO3. The second-order valence-electron chi connectivity index (χ2n) is 4.02. The van der Waals surface area contributed by atoms with Gasteiger partial charge in [0.05, 0.1) is 13.7 Å². The monoisotopic (exact) mass is 323 g/mol. The molecule has 4 nitrogen and oxygen atoms in total. The van der Waals surface area contributed by atoms with Crippen LogP contribution in [0, 0.1) is 6.92 Å². The van der Waals surface area contributed by atoms with Crippen molar-refractivity contribution < 1.29 is 14.6 Å². The molecular weight excluding hydrogens is 310 g/mol. The molecule has 1 heterocycles. The van der Waals surface area contributed by atoms with Gasteiger partial charge in [0.25, 0.3) is 0 Å². The van der Waals surface area contributed by atoms with E-state index in [2.05, 4.69) is 20.9 Å². The average Bonchev–Trinajstić information content (AvgIpc) is 2.43. The molecule has 19 heavy (non-hydrogen) atoms. The molecule has 1 aromatic heterocycles. The number of hydrogen-bond donors (Lipinski definition) is 1. The molecule has 0 unspecified atom stereocenters. The van der Waals surface area contributed by atoms with Crippen molar-refractivity contribution in [3.63, 3.8) is 0 Å². The van der Waals surface area contributed by atoms with Crippen molar-refractivity contribution in [3.8, 4) is 17.4 Å². The first-order valence-corrected chi connectivity index (χ1v) is 6.51. The van der Waals surface area contributed by atoms with Crippen LogP contribution in [0.4, 0.5) is 0 Å². The molecule has 0 fully saturated rings. The van der Waals surface area contributed by atoms with Crippen molar-refractivity contribution in [2.75, 3.05) is 7.11 Å². The third kappa shape index (κ3) is 3.24. The van der Waals surface area contributed by atoms with Gasteiger partial charge in [-0.15, -0.1) is 0 Å². The fourth-order valence-corrected chi connectivity index (χ4v) is 1.79. The number of aliphatic hydroxyl groups excluding tert-OH is 1. The zero-order valence-electron chi connectivity index (χ0n) is 10.7. The largest absolute Gasteiger partial charge is 0.493 e. The molecule has 0 saturated heterocycles. The van der Waals surface area contributed by atoms with E-state index in [-0.39, 0.29) is 6.61 Å². The smallest absolute Gasteiger partial charge is 0.219 e. The highest BCUT2D eigenvalue weighted by molar-refractivity contribution is 9.10.